The van der Waals surface area contributed by atoms with Crippen molar-refractivity contribution in [3.63, 3.8) is 0 Å². The van der Waals surface area contributed by atoms with E-state index in [2.05, 4.69) is 57.8 Å². The molecule has 0 aromatic heterocycles. The van der Waals surface area contributed by atoms with Crippen molar-refractivity contribution in [3.05, 3.63) is 29.3 Å². The monoisotopic (exact) mass is 389 g/mol. The van der Waals surface area contributed by atoms with Gasteiger partial charge in [0.05, 0.1) is 17.8 Å². The second-order valence-electron chi connectivity index (χ2n) is 9.16. The van der Waals surface area contributed by atoms with Crippen molar-refractivity contribution in [2.75, 3.05) is 40.5 Å². The lowest BCUT2D eigenvalue weighted by Gasteiger charge is -2.32. The third-order valence-corrected chi connectivity index (χ3v) is 6.47. The van der Waals surface area contributed by atoms with Crippen molar-refractivity contribution in [2.24, 2.45) is 0 Å². The van der Waals surface area contributed by atoms with Gasteiger partial charge in [0.1, 0.15) is 0 Å². The maximum absolute atomic E-state index is 6.28. The number of hydrogen-bond donors (Lipinski definition) is 0. The summed E-state index contributed by atoms with van der Waals surface area (Å²) in [7, 11) is 3.57. The number of ether oxygens (including phenoxy) is 2. The summed E-state index contributed by atoms with van der Waals surface area (Å²) in [5, 5.41) is 0. The highest BCUT2D eigenvalue weighted by molar-refractivity contribution is 6.62. The van der Waals surface area contributed by atoms with Gasteiger partial charge in [-0.1, -0.05) is 18.2 Å². The summed E-state index contributed by atoms with van der Waals surface area (Å²) in [6, 6.07) is 6.76. The molecule has 0 amide bonds. The first-order valence-corrected chi connectivity index (χ1v) is 10.5. The van der Waals surface area contributed by atoms with Crippen LogP contribution < -0.4 is 5.46 Å². The fourth-order valence-electron chi connectivity index (χ4n) is 3.91. The van der Waals surface area contributed by atoms with E-state index in [4.69, 9.17) is 18.8 Å². The molecule has 2 aliphatic heterocycles. The molecule has 6 heteroatoms. The van der Waals surface area contributed by atoms with Gasteiger partial charge in [0.15, 0.2) is 0 Å². The maximum Gasteiger partial charge on any atom is 0.494 e. The second-order valence-corrected chi connectivity index (χ2v) is 9.16. The molecule has 0 unspecified atom stereocenters. The zero-order valence-corrected chi connectivity index (χ0v) is 18.4. The van der Waals surface area contributed by atoms with E-state index in [1.807, 2.05) is 0 Å². The highest BCUT2D eigenvalue weighted by Gasteiger charge is 2.51. The molecule has 0 saturated carbocycles. The van der Waals surface area contributed by atoms with Crippen molar-refractivity contribution in [3.8, 4) is 0 Å². The number of nitrogens with zero attached hydrogens (tertiary/aromatic N) is 1. The molecule has 0 atom stereocenters. The van der Waals surface area contributed by atoms with E-state index in [0.29, 0.717) is 5.92 Å². The molecule has 28 heavy (non-hydrogen) atoms. The molecule has 0 N–H and O–H groups in total. The van der Waals surface area contributed by atoms with Crippen LogP contribution in [0, 0.1) is 0 Å². The van der Waals surface area contributed by atoms with Gasteiger partial charge in [-0.05, 0) is 70.1 Å². The Balaban J connectivity index is 1.86. The number of benzene rings is 1. The van der Waals surface area contributed by atoms with E-state index >= 15 is 0 Å². The lowest BCUT2D eigenvalue weighted by atomic mass is 9.76. The molecular weight excluding hydrogens is 353 g/mol. The zero-order valence-electron chi connectivity index (χ0n) is 18.4. The summed E-state index contributed by atoms with van der Waals surface area (Å²) >= 11 is 0. The predicted molar refractivity (Wildman–Crippen MR) is 113 cm³/mol. The van der Waals surface area contributed by atoms with Crippen LogP contribution in [-0.4, -0.2) is 63.7 Å². The Morgan fingerprint density at radius 1 is 1.11 bits per heavy atom. The van der Waals surface area contributed by atoms with Gasteiger partial charge in [0, 0.05) is 33.4 Å². The van der Waals surface area contributed by atoms with Crippen LogP contribution in [0.3, 0.4) is 0 Å². The summed E-state index contributed by atoms with van der Waals surface area (Å²) in [6.45, 7) is 12.6. The number of hydrogen-bond acceptors (Lipinski definition) is 5. The number of likely N-dealkylation sites (N-methyl/N-ethyl adjacent to an activating group) is 1. The molecule has 2 saturated heterocycles. The topological polar surface area (TPSA) is 40.2 Å². The van der Waals surface area contributed by atoms with Crippen molar-refractivity contribution in [1.82, 2.24) is 4.90 Å². The van der Waals surface area contributed by atoms with Gasteiger partial charge in [-0.25, -0.2) is 0 Å². The highest BCUT2D eigenvalue weighted by atomic mass is 16.7. The van der Waals surface area contributed by atoms with E-state index in [1.54, 1.807) is 7.11 Å². The van der Waals surface area contributed by atoms with Crippen LogP contribution in [0.25, 0.3) is 0 Å². The van der Waals surface area contributed by atoms with Crippen LogP contribution in [-0.2, 0) is 25.3 Å². The molecule has 0 radical (unpaired) electrons. The van der Waals surface area contributed by atoms with Crippen molar-refractivity contribution in [2.45, 2.75) is 64.2 Å². The average molecular weight is 389 g/mol. The fourth-order valence-corrected chi connectivity index (χ4v) is 3.91. The van der Waals surface area contributed by atoms with E-state index in [9.17, 15) is 0 Å². The molecule has 0 bridgehead atoms. The van der Waals surface area contributed by atoms with Gasteiger partial charge in [0.25, 0.3) is 0 Å². The Bertz CT molecular complexity index is 642. The fraction of sp³-hybridized carbons (Fsp3) is 0.727. The van der Waals surface area contributed by atoms with Crippen LogP contribution in [0.2, 0.25) is 0 Å². The van der Waals surface area contributed by atoms with Gasteiger partial charge < -0.3 is 18.8 Å². The summed E-state index contributed by atoms with van der Waals surface area (Å²) in [4.78, 5) is 2.32. The van der Waals surface area contributed by atoms with Crippen LogP contribution in [0.5, 0.6) is 0 Å². The molecule has 1 aromatic rings. The quantitative estimate of drug-likeness (QED) is 0.671. The van der Waals surface area contributed by atoms with Crippen LogP contribution in [0.15, 0.2) is 18.2 Å². The Morgan fingerprint density at radius 2 is 1.75 bits per heavy atom. The van der Waals surface area contributed by atoms with E-state index < -0.39 is 0 Å². The van der Waals surface area contributed by atoms with Gasteiger partial charge in [-0.15, -0.1) is 0 Å². The molecule has 156 valence electrons. The van der Waals surface area contributed by atoms with Gasteiger partial charge in [-0.3, -0.25) is 4.90 Å². The first kappa shape index (κ1) is 21.8. The van der Waals surface area contributed by atoms with E-state index in [-0.39, 0.29) is 18.3 Å². The van der Waals surface area contributed by atoms with E-state index in [1.165, 1.54) is 11.1 Å². The van der Waals surface area contributed by atoms with Crippen molar-refractivity contribution >= 4 is 12.6 Å². The third kappa shape index (κ3) is 4.80. The molecule has 1 aromatic carbocycles. The molecule has 0 spiro atoms. The normalized spacial score (nSPS) is 22.2. The van der Waals surface area contributed by atoms with Crippen LogP contribution in [0.4, 0.5) is 0 Å². The molecule has 0 aliphatic carbocycles. The smallest absolute Gasteiger partial charge is 0.399 e. The predicted octanol–water partition coefficient (Wildman–Crippen LogP) is 2.96. The third-order valence-electron chi connectivity index (χ3n) is 6.47. The molecule has 2 heterocycles. The lowest BCUT2D eigenvalue weighted by Crippen LogP contribution is -2.41. The Morgan fingerprint density at radius 3 is 2.36 bits per heavy atom. The average Bonchev–Trinajstić information content (AvgIpc) is 2.88. The Hall–Kier alpha value is -0.915. The minimum absolute atomic E-state index is 0.322. The molecule has 3 rings (SSSR count). The summed E-state index contributed by atoms with van der Waals surface area (Å²) < 4.78 is 23.4. The first-order chi connectivity index (χ1) is 13.2. The largest absolute Gasteiger partial charge is 0.494 e. The maximum atomic E-state index is 6.28. The zero-order chi connectivity index (χ0) is 20.4. The summed E-state index contributed by atoms with van der Waals surface area (Å²) in [6.07, 6.45) is 2.18. The summed E-state index contributed by atoms with van der Waals surface area (Å²) in [5.74, 6) is 0.562. The molecule has 5 nitrogen and oxygen atoms in total. The van der Waals surface area contributed by atoms with Gasteiger partial charge >= 0.3 is 7.12 Å². The van der Waals surface area contributed by atoms with Crippen molar-refractivity contribution in [1.29, 1.82) is 0 Å². The minimum atomic E-state index is -0.327. The Kier molecular flexibility index (Phi) is 6.88. The van der Waals surface area contributed by atoms with Gasteiger partial charge in [-0.2, -0.15) is 0 Å². The Labute approximate surface area is 170 Å². The molecular formula is C22H36BNO4. The second kappa shape index (κ2) is 8.84. The first-order valence-electron chi connectivity index (χ1n) is 10.5. The number of methoxy groups -OCH3 is 1. The highest BCUT2D eigenvalue weighted by Crippen LogP contribution is 2.37. The van der Waals surface area contributed by atoms with Crippen LogP contribution in [0.1, 0.15) is 57.6 Å². The number of rotatable bonds is 7. The SMILES string of the molecule is COCCN(C)Cc1cc(B2OC(C)(C)C(C)(C)O2)ccc1C1CCOCC1. The standard InChI is InChI=1S/C22H36BNO4/c1-21(2)22(3,4)28-23(27-21)19-7-8-20(17-9-12-26-13-10-17)18(15-19)16-24(5)11-14-25-6/h7-8,15,17H,9-14,16H2,1-6H3. The summed E-state index contributed by atoms with van der Waals surface area (Å²) in [5.41, 5.74) is 3.24. The minimum Gasteiger partial charge on any atom is -0.399 e. The molecule has 2 aliphatic rings. The molecule has 2 fully saturated rings. The van der Waals surface area contributed by atoms with E-state index in [0.717, 1.165) is 51.2 Å². The lowest BCUT2D eigenvalue weighted by molar-refractivity contribution is 0.00578. The van der Waals surface area contributed by atoms with Crippen LogP contribution >= 0.6 is 0 Å². The van der Waals surface area contributed by atoms with Gasteiger partial charge in [0.2, 0.25) is 0 Å². The van der Waals surface area contributed by atoms with Crippen molar-refractivity contribution < 1.29 is 18.8 Å².